The van der Waals surface area contributed by atoms with Crippen molar-refractivity contribution in [2.45, 2.75) is 58.3 Å². The van der Waals surface area contributed by atoms with E-state index in [4.69, 9.17) is 5.11 Å². The van der Waals surface area contributed by atoms with Gasteiger partial charge in [-0.15, -0.1) is 0 Å². The number of allylic oxidation sites excluding steroid dienone is 1. The minimum atomic E-state index is 0. The van der Waals surface area contributed by atoms with Crippen LogP contribution in [-0.2, 0) is 0 Å². The Morgan fingerprint density at radius 2 is 1.50 bits per heavy atom. The summed E-state index contributed by atoms with van der Waals surface area (Å²) in [6.45, 7) is 2.44. The Balaban J connectivity index is -0.000000720. The van der Waals surface area contributed by atoms with E-state index in [0.717, 1.165) is 6.42 Å². The molecule has 0 saturated heterocycles. The fraction of sp³-hybridized carbons (Fsp3) is 0.833. The summed E-state index contributed by atoms with van der Waals surface area (Å²) in [7, 11) is 0. The Labute approximate surface area is 113 Å². The number of hydrogen-bond acceptors (Lipinski definition) is 1. The Bertz CT molecular complexity index is 118. The van der Waals surface area contributed by atoms with Crippen LogP contribution in [0.25, 0.3) is 0 Å². The first-order valence-electron chi connectivity index (χ1n) is 5.67. The fourth-order valence-electron chi connectivity index (χ4n) is 1.41. The Morgan fingerprint density at radius 3 is 2.07 bits per heavy atom. The van der Waals surface area contributed by atoms with Crippen LogP contribution in [0.2, 0.25) is 0 Å². The fourth-order valence-corrected chi connectivity index (χ4v) is 1.41. The predicted octanol–water partition coefficient (Wildman–Crippen LogP) is 0.792. The summed E-state index contributed by atoms with van der Waals surface area (Å²) in [4.78, 5) is 0. The minimum absolute atomic E-state index is 0. The van der Waals surface area contributed by atoms with Crippen LogP contribution in [0.3, 0.4) is 0 Å². The van der Waals surface area contributed by atoms with Crippen LogP contribution in [0.5, 0.6) is 0 Å². The van der Waals surface area contributed by atoms with Crippen molar-refractivity contribution in [1.29, 1.82) is 0 Å². The van der Waals surface area contributed by atoms with Crippen molar-refractivity contribution in [3.05, 3.63) is 12.2 Å². The molecule has 0 saturated carbocycles. The molecule has 0 rings (SSSR count). The zero-order valence-electron chi connectivity index (χ0n) is 11.0. The standard InChI is InChI=1S/C12H24O.Na.H/c1-2-3-4-5-6-7-8-9-10-11-12-13;;/h10-11,13H,2-9,12H2,1H3;;/q;+1;-1. The molecule has 0 unspecified atom stereocenters. The van der Waals surface area contributed by atoms with Gasteiger partial charge in [-0.1, -0.05) is 57.6 Å². The third kappa shape index (κ3) is 15.2. The van der Waals surface area contributed by atoms with Gasteiger partial charge in [0, 0.05) is 0 Å². The molecular weight excluding hydrogens is 183 g/mol. The molecule has 0 spiro atoms. The van der Waals surface area contributed by atoms with Gasteiger partial charge in [-0.25, -0.2) is 0 Å². The first-order chi connectivity index (χ1) is 6.41. The van der Waals surface area contributed by atoms with Crippen molar-refractivity contribution in [3.63, 3.8) is 0 Å². The smallest absolute Gasteiger partial charge is 1.00 e. The molecule has 2 heteroatoms. The normalized spacial score (nSPS) is 10.4. The minimum Gasteiger partial charge on any atom is -1.00 e. The van der Waals surface area contributed by atoms with E-state index in [1.165, 1.54) is 44.9 Å². The number of aliphatic hydroxyl groups is 1. The first kappa shape index (κ1) is 17.1. The molecule has 1 N–H and O–H groups in total. The van der Waals surface area contributed by atoms with Crippen LogP contribution >= 0.6 is 0 Å². The predicted molar refractivity (Wildman–Crippen MR) is 59.9 cm³/mol. The number of unbranched alkanes of at least 4 members (excludes halogenated alkanes) is 7. The molecule has 0 atom stereocenters. The van der Waals surface area contributed by atoms with Crippen molar-refractivity contribution in [2.24, 2.45) is 0 Å². The van der Waals surface area contributed by atoms with Crippen LogP contribution in [-0.4, -0.2) is 11.7 Å². The van der Waals surface area contributed by atoms with Gasteiger partial charge in [0.15, 0.2) is 0 Å². The molecule has 0 amide bonds. The van der Waals surface area contributed by atoms with Crippen LogP contribution in [0.1, 0.15) is 59.7 Å². The molecule has 0 radical (unpaired) electrons. The van der Waals surface area contributed by atoms with E-state index in [2.05, 4.69) is 13.0 Å². The van der Waals surface area contributed by atoms with Gasteiger partial charge < -0.3 is 6.53 Å². The van der Waals surface area contributed by atoms with Crippen molar-refractivity contribution in [1.82, 2.24) is 0 Å². The molecule has 0 aliphatic rings. The summed E-state index contributed by atoms with van der Waals surface area (Å²) >= 11 is 0. The molecule has 0 aliphatic heterocycles. The van der Waals surface area contributed by atoms with Gasteiger partial charge in [0.25, 0.3) is 0 Å². The molecular formula is C12H25NaO. The number of rotatable bonds is 9. The maximum Gasteiger partial charge on any atom is 1.00 e. The second-order valence-corrected chi connectivity index (χ2v) is 3.56. The van der Waals surface area contributed by atoms with E-state index in [1.54, 1.807) is 0 Å². The van der Waals surface area contributed by atoms with Gasteiger partial charge in [-0.2, -0.15) is 0 Å². The van der Waals surface area contributed by atoms with E-state index in [-0.39, 0.29) is 37.6 Å². The summed E-state index contributed by atoms with van der Waals surface area (Å²) in [6.07, 6.45) is 14.6. The molecule has 0 aromatic heterocycles. The third-order valence-electron chi connectivity index (χ3n) is 2.25. The molecule has 14 heavy (non-hydrogen) atoms. The monoisotopic (exact) mass is 208 g/mol. The van der Waals surface area contributed by atoms with E-state index < -0.39 is 0 Å². The molecule has 0 aromatic carbocycles. The molecule has 1 nitrogen and oxygen atoms in total. The van der Waals surface area contributed by atoms with E-state index in [0.29, 0.717) is 0 Å². The van der Waals surface area contributed by atoms with Crippen LogP contribution < -0.4 is 29.6 Å². The molecule has 0 aromatic rings. The summed E-state index contributed by atoms with van der Waals surface area (Å²) in [6, 6.07) is 0. The molecule has 0 fully saturated rings. The third-order valence-corrected chi connectivity index (χ3v) is 2.25. The van der Waals surface area contributed by atoms with Crippen LogP contribution in [0.4, 0.5) is 0 Å². The van der Waals surface area contributed by atoms with E-state index >= 15 is 0 Å². The quantitative estimate of drug-likeness (QED) is 0.337. The van der Waals surface area contributed by atoms with Gasteiger partial charge in [0.1, 0.15) is 0 Å². The van der Waals surface area contributed by atoms with E-state index in [9.17, 15) is 0 Å². The topological polar surface area (TPSA) is 20.2 Å². The molecule has 0 bridgehead atoms. The summed E-state index contributed by atoms with van der Waals surface area (Å²) in [5, 5.41) is 8.48. The maximum absolute atomic E-state index is 8.48. The SMILES string of the molecule is CCCCCCCCCC=CCO.[H-].[Na+]. The summed E-state index contributed by atoms with van der Waals surface area (Å²) < 4.78 is 0. The van der Waals surface area contributed by atoms with E-state index in [1.807, 2.05) is 6.08 Å². The molecule has 80 valence electrons. The van der Waals surface area contributed by atoms with Crippen LogP contribution in [0.15, 0.2) is 12.2 Å². The van der Waals surface area contributed by atoms with Gasteiger partial charge in [-0.05, 0) is 12.8 Å². The van der Waals surface area contributed by atoms with Crippen molar-refractivity contribution >= 4 is 0 Å². The number of hydrogen-bond donors (Lipinski definition) is 1. The summed E-state index contributed by atoms with van der Waals surface area (Å²) in [5.74, 6) is 0. The van der Waals surface area contributed by atoms with Gasteiger partial charge in [0.2, 0.25) is 0 Å². The van der Waals surface area contributed by atoms with Gasteiger partial charge in [0.05, 0.1) is 6.61 Å². The zero-order chi connectivity index (χ0) is 9.78. The largest absolute Gasteiger partial charge is 1.00 e. The zero-order valence-corrected chi connectivity index (χ0v) is 12.0. The Kier molecular flexibility index (Phi) is 19.7. The number of aliphatic hydroxyl groups excluding tert-OH is 1. The van der Waals surface area contributed by atoms with Gasteiger partial charge >= 0.3 is 29.6 Å². The average molecular weight is 208 g/mol. The Morgan fingerprint density at radius 1 is 0.929 bits per heavy atom. The average Bonchev–Trinajstić information content (AvgIpc) is 2.16. The Hall–Kier alpha value is 0.700. The molecule has 0 aliphatic carbocycles. The van der Waals surface area contributed by atoms with Crippen LogP contribution in [0, 0.1) is 0 Å². The second-order valence-electron chi connectivity index (χ2n) is 3.56. The van der Waals surface area contributed by atoms with Crippen molar-refractivity contribution in [2.75, 3.05) is 6.61 Å². The molecule has 0 heterocycles. The van der Waals surface area contributed by atoms with Crippen molar-refractivity contribution in [3.8, 4) is 0 Å². The first-order valence-corrected chi connectivity index (χ1v) is 5.67. The van der Waals surface area contributed by atoms with Crippen molar-refractivity contribution < 1.29 is 36.1 Å². The maximum atomic E-state index is 8.48. The van der Waals surface area contributed by atoms with Gasteiger partial charge in [-0.3, -0.25) is 0 Å². The second kappa shape index (κ2) is 16.1. The summed E-state index contributed by atoms with van der Waals surface area (Å²) in [5.41, 5.74) is 0.